The zero-order valence-electron chi connectivity index (χ0n) is 12.0. The van der Waals surface area contributed by atoms with Crippen LogP contribution in [0, 0.1) is 0 Å². The van der Waals surface area contributed by atoms with Crippen LogP contribution in [0.5, 0.6) is 5.75 Å². The second kappa shape index (κ2) is 4.71. The molecule has 2 aliphatic heterocycles. The Kier molecular flexibility index (Phi) is 3.30. The van der Waals surface area contributed by atoms with Crippen LogP contribution in [0.1, 0.15) is 45.2 Å². The Morgan fingerprint density at radius 2 is 2.11 bits per heavy atom. The number of hydrogen-bond acceptors (Lipinski definition) is 3. The van der Waals surface area contributed by atoms with Gasteiger partial charge in [0, 0.05) is 16.9 Å². The van der Waals surface area contributed by atoms with Crippen LogP contribution >= 0.6 is 11.8 Å². The van der Waals surface area contributed by atoms with Crippen molar-refractivity contribution in [3.8, 4) is 5.75 Å². The number of thioether (sulfide) groups is 1. The van der Waals surface area contributed by atoms with Crippen molar-refractivity contribution in [1.29, 1.82) is 0 Å². The smallest absolute Gasteiger partial charge is 0.125 e. The monoisotopic (exact) mass is 277 g/mol. The second-order valence-corrected chi connectivity index (χ2v) is 8.14. The van der Waals surface area contributed by atoms with E-state index in [2.05, 4.69) is 56.0 Å². The van der Waals surface area contributed by atoms with E-state index in [1.165, 1.54) is 24.2 Å². The van der Waals surface area contributed by atoms with E-state index < -0.39 is 0 Å². The minimum Gasteiger partial charge on any atom is -0.486 e. The molecule has 1 N–H and O–H groups in total. The zero-order chi connectivity index (χ0) is 13.5. The number of nitrogens with one attached hydrogen (secondary N) is 1. The fourth-order valence-electron chi connectivity index (χ4n) is 3.18. The highest BCUT2D eigenvalue weighted by Gasteiger charge is 2.42. The predicted molar refractivity (Wildman–Crippen MR) is 82.0 cm³/mol. The summed E-state index contributed by atoms with van der Waals surface area (Å²) < 4.78 is 6.48. The molecule has 0 saturated carbocycles. The van der Waals surface area contributed by atoms with Crippen molar-refractivity contribution < 1.29 is 4.74 Å². The molecule has 19 heavy (non-hydrogen) atoms. The van der Waals surface area contributed by atoms with E-state index in [0.29, 0.717) is 10.8 Å². The first-order chi connectivity index (χ1) is 9.00. The maximum absolute atomic E-state index is 6.09. The van der Waals surface area contributed by atoms with Gasteiger partial charge < -0.3 is 10.1 Å². The van der Waals surface area contributed by atoms with E-state index in [4.69, 9.17) is 4.74 Å². The van der Waals surface area contributed by atoms with Crippen molar-refractivity contribution in [2.45, 2.75) is 50.0 Å². The summed E-state index contributed by atoms with van der Waals surface area (Å²) in [6.07, 6.45) is 2.67. The average Bonchev–Trinajstić information content (AvgIpc) is 2.88. The standard InChI is InChI=1S/C16H23NOS/c1-15(2)14(12-7-4-5-8-13(12)18-15)17-11-16(3)9-6-10-19-16/h4-5,7-8,14,17H,6,9-11H2,1-3H3. The third-order valence-electron chi connectivity index (χ3n) is 4.28. The summed E-state index contributed by atoms with van der Waals surface area (Å²) in [4.78, 5) is 0. The molecule has 1 aromatic carbocycles. The maximum atomic E-state index is 6.09. The van der Waals surface area contributed by atoms with Gasteiger partial charge in [0.2, 0.25) is 0 Å². The van der Waals surface area contributed by atoms with Gasteiger partial charge in [0.05, 0.1) is 6.04 Å². The molecule has 2 aliphatic rings. The fourth-order valence-corrected chi connectivity index (χ4v) is 4.43. The van der Waals surface area contributed by atoms with Crippen molar-refractivity contribution in [2.75, 3.05) is 12.3 Å². The molecule has 0 aromatic heterocycles. The number of benzene rings is 1. The number of para-hydroxylation sites is 1. The Labute approximate surface area is 120 Å². The van der Waals surface area contributed by atoms with Crippen LogP contribution in [0.2, 0.25) is 0 Å². The first-order valence-corrected chi connectivity index (χ1v) is 8.14. The Morgan fingerprint density at radius 1 is 1.32 bits per heavy atom. The Morgan fingerprint density at radius 3 is 2.84 bits per heavy atom. The predicted octanol–water partition coefficient (Wildman–Crippen LogP) is 3.77. The highest BCUT2D eigenvalue weighted by Crippen LogP contribution is 2.44. The molecule has 2 unspecified atom stereocenters. The Bertz CT molecular complexity index is 466. The highest BCUT2D eigenvalue weighted by atomic mass is 32.2. The van der Waals surface area contributed by atoms with Gasteiger partial charge in [0.25, 0.3) is 0 Å². The van der Waals surface area contributed by atoms with Gasteiger partial charge in [-0.15, -0.1) is 0 Å². The van der Waals surface area contributed by atoms with E-state index in [-0.39, 0.29) is 5.60 Å². The van der Waals surface area contributed by atoms with Crippen LogP contribution in [0.3, 0.4) is 0 Å². The molecule has 0 bridgehead atoms. The fraction of sp³-hybridized carbons (Fsp3) is 0.625. The average molecular weight is 277 g/mol. The van der Waals surface area contributed by atoms with E-state index in [0.717, 1.165) is 12.3 Å². The quantitative estimate of drug-likeness (QED) is 0.908. The van der Waals surface area contributed by atoms with Crippen LogP contribution in [0.4, 0.5) is 0 Å². The van der Waals surface area contributed by atoms with E-state index in [1.807, 2.05) is 6.07 Å². The summed E-state index contributed by atoms with van der Waals surface area (Å²) in [5, 5.41) is 3.76. The number of hydrogen-bond donors (Lipinski definition) is 1. The molecule has 3 heteroatoms. The number of fused-ring (bicyclic) bond motifs is 1. The molecule has 1 fully saturated rings. The zero-order valence-corrected chi connectivity index (χ0v) is 12.8. The van der Waals surface area contributed by atoms with Crippen molar-refractivity contribution in [3.63, 3.8) is 0 Å². The number of rotatable bonds is 3. The van der Waals surface area contributed by atoms with E-state index in [1.54, 1.807) is 0 Å². The largest absolute Gasteiger partial charge is 0.486 e. The van der Waals surface area contributed by atoms with Crippen molar-refractivity contribution in [1.82, 2.24) is 5.32 Å². The van der Waals surface area contributed by atoms with Gasteiger partial charge in [-0.05, 0) is 45.4 Å². The highest BCUT2D eigenvalue weighted by molar-refractivity contribution is 8.00. The molecule has 0 radical (unpaired) electrons. The molecule has 0 amide bonds. The van der Waals surface area contributed by atoms with Crippen LogP contribution in [0.15, 0.2) is 24.3 Å². The molecule has 2 heterocycles. The minimum atomic E-state index is -0.163. The molecular weight excluding hydrogens is 254 g/mol. The van der Waals surface area contributed by atoms with Gasteiger partial charge in [-0.25, -0.2) is 0 Å². The van der Waals surface area contributed by atoms with Gasteiger partial charge in [-0.1, -0.05) is 18.2 Å². The lowest BCUT2D eigenvalue weighted by molar-refractivity contribution is 0.0955. The molecular formula is C16H23NOS. The van der Waals surface area contributed by atoms with Gasteiger partial charge in [-0.3, -0.25) is 0 Å². The topological polar surface area (TPSA) is 21.3 Å². The second-order valence-electron chi connectivity index (χ2n) is 6.46. The normalized spacial score (nSPS) is 32.1. The van der Waals surface area contributed by atoms with Crippen LogP contribution in [0.25, 0.3) is 0 Å². The third-order valence-corrected chi connectivity index (χ3v) is 5.82. The maximum Gasteiger partial charge on any atom is 0.125 e. The van der Waals surface area contributed by atoms with Crippen molar-refractivity contribution in [3.05, 3.63) is 29.8 Å². The lowest BCUT2D eigenvalue weighted by Crippen LogP contribution is -2.43. The summed E-state index contributed by atoms with van der Waals surface area (Å²) in [5.74, 6) is 2.34. The molecule has 0 aliphatic carbocycles. The summed E-state index contributed by atoms with van der Waals surface area (Å²) >= 11 is 2.11. The van der Waals surface area contributed by atoms with Crippen LogP contribution in [-0.4, -0.2) is 22.6 Å². The van der Waals surface area contributed by atoms with Crippen LogP contribution in [-0.2, 0) is 0 Å². The molecule has 104 valence electrons. The van der Waals surface area contributed by atoms with Gasteiger partial charge in [0.15, 0.2) is 0 Å². The summed E-state index contributed by atoms with van der Waals surface area (Å²) in [5.41, 5.74) is 1.14. The van der Waals surface area contributed by atoms with Crippen molar-refractivity contribution in [2.24, 2.45) is 0 Å². The van der Waals surface area contributed by atoms with Gasteiger partial charge in [0.1, 0.15) is 11.4 Å². The summed E-state index contributed by atoms with van der Waals surface area (Å²) in [6.45, 7) is 7.79. The third kappa shape index (κ3) is 2.50. The lowest BCUT2D eigenvalue weighted by Gasteiger charge is -2.31. The first kappa shape index (κ1) is 13.3. The Balaban J connectivity index is 1.76. The van der Waals surface area contributed by atoms with Crippen molar-refractivity contribution >= 4 is 11.8 Å². The SMILES string of the molecule is CC1(CNC2c3ccccc3OC2(C)C)CCCS1. The first-order valence-electron chi connectivity index (χ1n) is 7.16. The molecule has 2 atom stereocenters. The van der Waals surface area contributed by atoms with E-state index in [9.17, 15) is 0 Å². The van der Waals surface area contributed by atoms with E-state index >= 15 is 0 Å². The summed E-state index contributed by atoms with van der Waals surface area (Å²) in [6, 6.07) is 8.70. The molecule has 2 nitrogen and oxygen atoms in total. The molecule has 3 rings (SSSR count). The molecule has 0 spiro atoms. The molecule has 1 aromatic rings. The van der Waals surface area contributed by atoms with Gasteiger partial charge >= 0.3 is 0 Å². The lowest BCUT2D eigenvalue weighted by atomic mass is 9.93. The number of ether oxygens (including phenoxy) is 1. The van der Waals surface area contributed by atoms with Gasteiger partial charge in [-0.2, -0.15) is 11.8 Å². The Hall–Kier alpha value is -0.670. The van der Waals surface area contributed by atoms with Crippen LogP contribution < -0.4 is 10.1 Å². The molecule has 1 saturated heterocycles. The minimum absolute atomic E-state index is 0.163. The summed E-state index contributed by atoms with van der Waals surface area (Å²) in [7, 11) is 0.